The van der Waals surface area contributed by atoms with Crippen molar-refractivity contribution in [3.05, 3.63) is 35.4 Å². The van der Waals surface area contributed by atoms with Crippen molar-refractivity contribution in [2.75, 3.05) is 7.05 Å². The monoisotopic (exact) mass is 191 g/mol. The molecular weight excluding hydrogens is 174 g/mol. The van der Waals surface area contributed by atoms with E-state index in [4.69, 9.17) is 0 Å². The van der Waals surface area contributed by atoms with Crippen molar-refractivity contribution < 1.29 is 4.79 Å². The Bertz CT molecular complexity index is 318. The Labute approximate surface area is 85.3 Å². The van der Waals surface area contributed by atoms with Crippen LogP contribution in [0.4, 0.5) is 0 Å². The largest absolute Gasteiger partial charge is 0.355 e. The molecule has 0 atom stereocenters. The molecule has 0 radical (unpaired) electrons. The van der Waals surface area contributed by atoms with Crippen LogP contribution in [0.3, 0.4) is 0 Å². The number of hydrogen-bond donors (Lipinski definition) is 1. The Kier molecular flexibility index (Phi) is 3.69. The molecule has 0 aliphatic rings. The summed E-state index contributed by atoms with van der Waals surface area (Å²) < 4.78 is 0. The first-order valence-corrected chi connectivity index (χ1v) is 4.94. The highest BCUT2D eigenvalue weighted by atomic mass is 16.1. The van der Waals surface area contributed by atoms with Gasteiger partial charge in [0.25, 0.3) is 5.91 Å². The van der Waals surface area contributed by atoms with Crippen LogP contribution in [0, 0.1) is 5.92 Å². The maximum Gasteiger partial charge on any atom is 0.251 e. The number of amides is 1. The van der Waals surface area contributed by atoms with Crippen molar-refractivity contribution in [1.29, 1.82) is 0 Å². The van der Waals surface area contributed by atoms with Gasteiger partial charge in [-0.1, -0.05) is 26.0 Å². The Hall–Kier alpha value is -1.31. The van der Waals surface area contributed by atoms with E-state index in [0.29, 0.717) is 5.92 Å². The fraction of sp³-hybridized carbons (Fsp3) is 0.417. The summed E-state index contributed by atoms with van der Waals surface area (Å²) in [7, 11) is 1.65. The summed E-state index contributed by atoms with van der Waals surface area (Å²) in [6, 6.07) is 7.79. The van der Waals surface area contributed by atoms with Crippen LogP contribution < -0.4 is 5.32 Å². The van der Waals surface area contributed by atoms with Gasteiger partial charge in [0.1, 0.15) is 0 Å². The van der Waals surface area contributed by atoms with E-state index in [-0.39, 0.29) is 5.91 Å². The molecule has 2 heteroatoms. The van der Waals surface area contributed by atoms with E-state index in [9.17, 15) is 4.79 Å². The Morgan fingerprint density at radius 3 is 2.71 bits per heavy atom. The predicted molar refractivity (Wildman–Crippen MR) is 58.4 cm³/mol. The molecule has 1 amide bonds. The van der Waals surface area contributed by atoms with Crippen LogP contribution in [0.15, 0.2) is 24.3 Å². The lowest BCUT2D eigenvalue weighted by molar-refractivity contribution is 0.0963. The molecule has 0 fully saturated rings. The van der Waals surface area contributed by atoms with Gasteiger partial charge < -0.3 is 5.32 Å². The molecule has 0 bridgehead atoms. The van der Waals surface area contributed by atoms with Crippen LogP contribution >= 0.6 is 0 Å². The zero-order chi connectivity index (χ0) is 10.6. The molecular formula is C12H17NO. The van der Waals surface area contributed by atoms with E-state index in [1.165, 1.54) is 5.56 Å². The highest BCUT2D eigenvalue weighted by Gasteiger charge is 2.04. The molecule has 14 heavy (non-hydrogen) atoms. The SMILES string of the molecule is CNC(=O)c1cccc(CC(C)C)c1. The molecule has 0 aliphatic heterocycles. The summed E-state index contributed by atoms with van der Waals surface area (Å²) in [6.45, 7) is 4.35. The third-order valence-corrected chi connectivity index (χ3v) is 2.06. The summed E-state index contributed by atoms with van der Waals surface area (Å²) in [6.07, 6.45) is 1.02. The van der Waals surface area contributed by atoms with Gasteiger partial charge in [0.2, 0.25) is 0 Å². The molecule has 0 spiro atoms. The second kappa shape index (κ2) is 4.80. The number of rotatable bonds is 3. The maximum absolute atomic E-state index is 11.3. The van der Waals surface area contributed by atoms with Crippen molar-refractivity contribution in [3.8, 4) is 0 Å². The van der Waals surface area contributed by atoms with Gasteiger partial charge >= 0.3 is 0 Å². The van der Waals surface area contributed by atoms with E-state index >= 15 is 0 Å². The number of carbonyl (C=O) groups is 1. The highest BCUT2D eigenvalue weighted by molar-refractivity contribution is 5.94. The van der Waals surface area contributed by atoms with Crippen LogP contribution in [-0.2, 0) is 6.42 Å². The molecule has 76 valence electrons. The minimum Gasteiger partial charge on any atom is -0.355 e. The van der Waals surface area contributed by atoms with Crippen molar-refractivity contribution >= 4 is 5.91 Å². The molecule has 1 aromatic rings. The zero-order valence-corrected chi connectivity index (χ0v) is 9.00. The summed E-state index contributed by atoms with van der Waals surface area (Å²) in [5.41, 5.74) is 1.96. The van der Waals surface area contributed by atoms with Crippen molar-refractivity contribution in [2.24, 2.45) is 5.92 Å². The Balaban J connectivity index is 2.84. The molecule has 0 unspecified atom stereocenters. The zero-order valence-electron chi connectivity index (χ0n) is 9.00. The number of hydrogen-bond acceptors (Lipinski definition) is 1. The number of nitrogens with one attached hydrogen (secondary N) is 1. The molecule has 1 N–H and O–H groups in total. The molecule has 0 saturated carbocycles. The van der Waals surface area contributed by atoms with Crippen molar-refractivity contribution in [3.63, 3.8) is 0 Å². The van der Waals surface area contributed by atoms with Gasteiger partial charge in [-0.2, -0.15) is 0 Å². The predicted octanol–water partition coefficient (Wildman–Crippen LogP) is 2.24. The van der Waals surface area contributed by atoms with E-state index in [0.717, 1.165) is 12.0 Å². The standard InChI is InChI=1S/C12H17NO/c1-9(2)7-10-5-4-6-11(8-10)12(14)13-3/h4-6,8-9H,7H2,1-3H3,(H,13,14). The van der Waals surface area contributed by atoms with E-state index in [2.05, 4.69) is 25.2 Å². The molecule has 0 saturated heterocycles. The second-order valence-electron chi connectivity index (χ2n) is 3.88. The topological polar surface area (TPSA) is 29.1 Å². The summed E-state index contributed by atoms with van der Waals surface area (Å²) in [5, 5.41) is 2.62. The molecule has 0 aromatic heterocycles. The summed E-state index contributed by atoms with van der Waals surface area (Å²) >= 11 is 0. The second-order valence-corrected chi connectivity index (χ2v) is 3.88. The van der Waals surface area contributed by atoms with Crippen LogP contribution in [0.5, 0.6) is 0 Å². The van der Waals surface area contributed by atoms with Gasteiger partial charge in [-0.3, -0.25) is 4.79 Å². The summed E-state index contributed by atoms with van der Waals surface area (Å²) in [4.78, 5) is 11.3. The molecule has 1 rings (SSSR count). The molecule has 2 nitrogen and oxygen atoms in total. The maximum atomic E-state index is 11.3. The van der Waals surface area contributed by atoms with Gasteiger partial charge in [0.05, 0.1) is 0 Å². The lowest BCUT2D eigenvalue weighted by atomic mass is 10.0. The van der Waals surface area contributed by atoms with Crippen LogP contribution in [0.2, 0.25) is 0 Å². The van der Waals surface area contributed by atoms with Gasteiger partial charge in [0, 0.05) is 12.6 Å². The van der Waals surface area contributed by atoms with Crippen LogP contribution in [-0.4, -0.2) is 13.0 Å². The van der Waals surface area contributed by atoms with E-state index < -0.39 is 0 Å². The van der Waals surface area contributed by atoms with Crippen LogP contribution in [0.25, 0.3) is 0 Å². The van der Waals surface area contributed by atoms with Gasteiger partial charge in [0.15, 0.2) is 0 Å². The van der Waals surface area contributed by atoms with Crippen molar-refractivity contribution in [1.82, 2.24) is 5.32 Å². The lowest BCUT2D eigenvalue weighted by Crippen LogP contribution is -2.17. The highest BCUT2D eigenvalue weighted by Crippen LogP contribution is 2.10. The summed E-state index contributed by atoms with van der Waals surface area (Å²) in [5.74, 6) is 0.602. The fourth-order valence-electron chi connectivity index (χ4n) is 1.46. The van der Waals surface area contributed by atoms with Crippen molar-refractivity contribution in [2.45, 2.75) is 20.3 Å². The van der Waals surface area contributed by atoms with E-state index in [1.807, 2.05) is 18.2 Å². The number of benzene rings is 1. The molecule has 1 aromatic carbocycles. The average molecular weight is 191 g/mol. The third-order valence-electron chi connectivity index (χ3n) is 2.06. The first-order chi connectivity index (χ1) is 6.63. The van der Waals surface area contributed by atoms with Gasteiger partial charge in [-0.25, -0.2) is 0 Å². The van der Waals surface area contributed by atoms with E-state index in [1.54, 1.807) is 7.05 Å². The average Bonchev–Trinajstić information content (AvgIpc) is 2.16. The lowest BCUT2D eigenvalue weighted by Gasteiger charge is -2.06. The Morgan fingerprint density at radius 1 is 1.43 bits per heavy atom. The molecule has 0 aliphatic carbocycles. The van der Waals surface area contributed by atoms with Gasteiger partial charge in [-0.05, 0) is 30.0 Å². The first kappa shape index (κ1) is 10.8. The Morgan fingerprint density at radius 2 is 2.14 bits per heavy atom. The van der Waals surface area contributed by atoms with Crippen LogP contribution in [0.1, 0.15) is 29.8 Å². The third kappa shape index (κ3) is 2.87. The normalized spacial score (nSPS) is 10.3. The quantitative estimate of drug-likeness (QED) is 0.780. The minimum absolute atomic E-state index is 0.0180. The minimum atomic E-state index is -0.0180. The number of carbonyl (C=O) groups excluding carboxylic acids is 1. The smallest absolute Gasteiger partial charge is 0.251 e. The van der Waals surface area contributed by atoms with Gasteiger partial charge in [-0.15, -0.1) is 0 Å². The fourth-order valence-corrected chi connectivity index (χ4v) is 1.46. The first-order valence-electron chi connectivity index (χ1n) is 4.94. The molecule has 0 heterocycles.